The van der Waals surface area contributed by atoms with Crippen molar-refractivity contribution in [2.75, 3.05) is 7.05 Å². The highest BCUT2D eigenvalue weighted by atomic mass is 16.2. The number of aromatic nitrogens is 2. The van der Waals surface area contributed by atoms with E-state index < -0.39 is 5.41 Å². The second kappa shape index (κ2) is 3.86. The minimum Gasteiger partial charge on any atom is -0.358 e. The SMILES string of the molecule is CNC(=O)[C@@]12CC[C@](C)(c3nc4ccccc4nc31)C2(C)C. The quantitative estimate of drug-likeness (QED) is 0.880. The second-order valence-electron chi connectivity index (χ2n) is 7.35. The topological polar surface area (TPSA) is 54.9 Å². The summed E-state index contributed by atoms with van der Waals surface area (Å²) < 4.78 is 0. The van der Waals surface area contributed by atoms with E-state index in [0.29, 0.717) is 0 Å². The molecule has 2 bridgehead atoms. The molecule has 2 aliphatic rings. The maximum absolute atomic E-state index is 12.9. The fourth-order valence-electron chi connectivity index (χ4n) is 4.76. The fourth-order valence-corrected chi connectivity index (χ4v) is 4.76. The van der Waals surface area contributed by atoms with Gasteiger partial charge >= 0.3 is 0 Å². The molecule has 1 fully saturated rings. The summed E-state index contributed by atoms with van der Waals surface area (Å²) in [6, 6.07) is 7.92. The molecular formula is C18H21N3O. The van der Waals surface area contributed by atoms with Crippen LogP contribution in [0.3, 0.4) is 0 Å². The third kappa shape index (κ3) is 1.20. The average molecular weight is 295 g/mol. The van der Waals surface area contributed by atoms with Crippen molar-refractivity contribution >= 4 is 16.9 Å². The molecule has 0 saturated heterocycles. The van der Waals surface area contributed by atoms with E-state index in [1.807, 2.05) is 24.3 Å². The Balaban J connectivity index is 2.12. The van der Waals surface area contributed by atoms with E-state index in [-0.39, 0.29) is 16.7 Å². The van der Waals surface area contributed by atoms with Crippen molar-refractivity contribution in [1.82, 2.24) is 15.3 Å². The second-order valence-corrected chi connectivity index (χ2v) is 7.35. The third-order valence-corrected chi connectivity index (χ3v) is 6.56. The van der Waals surface area contributed by atoms with Crippen LogP contribution in [0.25, 0.3) is 11.0 Å². The summed E-state index contributed by atoms with van der Waals surface area (Å²) in [6.07, 6.45) is 1.82. The Kier molecular flexibility index (Phi) is 2.40. The summed E-state index contributed by atoms with van der Waals surface area (Å²) in [6.45, 7) is 6.64. The Morgan fingerprint density at radius 2 is 1.64 bits per heavy atom. The van der Waals surface area contributed by atoms with Crippen LogP contribution in [0, 0.1) is 5.41 Å². The van der Waals surface area contributed by atoms with Crippen LogP contribution in [0.1, 0.15) is 45.0 Å². The van der Waals surface area contributed by atoms with Crippen LogP contribution in [-0.4, -0.2) is 22.9 Å². The standard InChI is InChI=1S/C18H21N3O/c1-16(2)17(3)9-10-18(16,15(22)19-4)14-13(17)20-11-7-5-6-8-12(11)21-14/h5-8H,9-10H2,1-4H3,(H,19,22)/t17-,18-/m1/s1. The molecule has 0 aliphatic heterocycles. The first-order valence-electron chi connectivity index (χ1n) is 7.88. The van der Waals surface area contributed by atoms with Crippen molar-refractivity contribution in [2.24, 2.45) is 5.41 Å². The van der Waals surface area contributed by atoms with Gasteiger partial charge in [0, 0.05) is 12.5 Å². The first-order valence-corrected chi connectivity index (χ1v) is 7.88. The molecule has 1 aromatic heterocycles. The largest absolute Gasteiger partial charge is 0.358 e. The number of amides is 1. The highest BCUT2D eigenvalue weighted by molar-refractivity contribution is 5.92. The number of para-hydroxylation sites is 2. The summed E-state index contributed by atoms with van der Waals surface area (Å²) >= 11 is 0. The summed E-state index contributed by atoms with van der Waals surface area (Å²) in [5, 5.41) is 2.88. The lowest BCUT2D eigenvalue weighted by Gasteiger charge is -2.39. The highest BCUT2D eigenvalue weighted by Gasteiger charge is 2.72. The van der Waals surface area contributed by atoms with E-state index in [0.717, 1.165) is 35.3 Å². The molecule has 2 aliphatic carbocycles. The number of nitrogens with one attached hydrogen (secondary N) is 1. The minimum atomic E-state index is -0.567. The number of nitrogens with zero attached hydrogens (tertiary/aromatic N) is 2. The molecule has 4 nitrogen and oxygen atoms in total. The Morgan fingerprint density at radius 3 is 2.23 bits per heavy atom. The van der Waals surface area contributed by atoms with Crippen LogP contribution in [0.4, 0.5) is 0 Å². The maximum atomic E-state index is 12.9. The van der Waals surface area contributed by atoms with Crippen molar-refractivity contribution in [3.8, 4) is 0 Å². The molecule has 0 spiro atoms. The first kappa shape index (κ1) is 13.7. The predicted octanol–water partition coefficient (Wildman–Crippen LogP) is 2.70. The maximum Gasteiger partial charge on any atom is 0.232 e. The molecule has 0 radical (unpaired) electrons. The van der Waals surface area contributed by atoms with Gasteiger partial charge < -0.3 is 5.32 Å². The van der Waals surface area contributed by atoms with Gasteiger partial charge in [0.05, 0.1) is 27.8 Å². The van der Waals surface area contributed by atoms with Crippen molar-refractivity contribution in [1.29, 1.82) is 0 Å². The van der Waals surface area contributed by atoms with Gasteiger partial charge in [0.25, 0.3) is 0 Å². The lowest BCUT2D eigenvalue weighted by atomic mass is 9.63. The van der Waals surface area contributed by atoms with E-state index in [4.69, 9.17) is 9.97 Å². The predicted molar refractivity (Wildman–Crippen MR) is 85.6 cm³/mol. The van der Waals surface area contributed by atoms with Gasteiger partial charge in [0.1, 0.15) is 0 Å². The van der Waals surface area contributed by atoms with Crippen molar-refractivity contribution in [3.63, 3.8) is 0 Å². The number of benzene rings is 1. The van der Waals surface area contributed by atoms with Crippen molar-refractivity contribution in [3.05, 3.63) is 35.7 Å². The van der Waals surface area contributed by atoms with E-state index in [1.165, 1.54) is 0 Å². The zero-order valence-electron chi connectivity index (χ0n) is 13.5. The number of hydrogen-bond donors (Lipinski definition) is 1. The monoisotopic (exact) mass is 295 g/mol. The van der Waals surface area contributed by atoms with Crippen LogP contribution in [0.15, 0.2) is 24.3 Å². The van der Waals surface area contributed by atoms with Crippen LogP contribution in [0.2, 0.25) is 0 Å². The van der Waals surface area contributed by atoms with E-state index in [9.17, 15) is 4.79 Å². The van der Waals surface area contributed by atoms with Gasteiger partial charge in [0.2, 0.25) is 5.91 Å². The normalized spacial score (nSPS) is 31.3. The third-order valence-electron chi connectivity index (χ3n) is 6.56. The summed E-state index contributed by atoms with van der Waals surface area (Å²) in [5.74, 6) is 0.0737. The summed E-state index contributed by atoms with van der Waals surface area (Å²) in [5.41, 5.74) is 2.83. The highest BCUT2D eigenvalue weighted by Crippen LogP contribution is 2.70. The average Bonchev–Trinajstić information content (AvgIpc) is 2.81. The summed E-state index contributed by atoms with van der Waals surface area (Å²) in [7, 11) is 1.72. The van der Waals surface area contributed by atoms with Crippen LogP contribution >= 0.6 is 0 Å². The van der Waals surface area contributed by atoms with Gasteiger partial charge in [-0.2, -0.15) is 0 Å². The number of rotatable bonds is 1. The van der Waals surface area contributed by atoms with E-state index in [1.54, 1.807) is 7.05 Å². The Hall–Kier alpha value is -1.97. The Morgan fingerprint density at radius 1 is 1.05 bits per heavy atom. The van der Waals surface area contributed by atoms with Gasteiger partial charge in [-0.3, -0.25) is 4.79 Å². The molecule has 2 aromatic rings. The molecule has 1 aromatic carbocycles. The van der Waals surface area contributed by atoms with Crippen molar-refractivity contribution < 1.29 is 4.79 Å². The zero-order valence-corrected chi connectivity index (χ0v) is 13.5. The molecule has 1 amide bonds. The van der Waals surface area contributed by atoms with Gasteiger partial charge in [-0.1, -0.05) is 32.9 Å². The minimum absolute atomic E-state index is 0.0737. The number of fused-ring (bicyclic) bond motifs is 6. The molecule has 1 N–H and O–H groups in total. The molecule has 1 saturated carbocycles. The van der Waals surface area contributed by atoms with E-state index in [2.05, 4.69) is 26.1 Å². The molecule has 1 heterocycles. The lowest BCUT2D eigenvalue weighted by Crippen LogP contribution is -2.50. The summed E-state index contributed by atoms with van der Waals surface area (Å²) in [4.78, 5) is 22.7. The zero-order chi connectivity index (χ0) is 15.8. The van der Waals surface area contributed by atoms with Gasteiger partial charge in [-0.25, -0.2) is 9.97 Å². The molecule has 2 atom stereocenters. The molecule has 4 rings (SSSR count). The number of carbonyl (C=O) groups is 1. The molecule has 114 valence electrons. The first-order chi connectivity index (χ1) is 10.4. The van der Waals surface area contributed by atoms with Gasteiger partial charge in [0.15, 0.2) is 0 Å². The van der Waals surface area contributed by atoms with Crippen molar-refractivity contribution in [2.45, 2.75) is 44.4 Å². The number of carbonyl (C=O) groups excluding carboxylic acids is 1. The Bertz CT molecular complexity index is 813. The Labute approximate surface area is 130 Å². The van der Waals surface area contributed by atoms with Crippen LogP contribution in [0.5, 0.6) is 0 Å². The van der Waals surface area contributed by atoms with Gasteiger partial charge in [-0.05, 0) is 30.4 Å². The van der Waals surface area contributed by atoms with Crippen LogP contribution < -0.4 is 5.32 Å². The van der Waals surface area contributed by atoms with Crippen LogP contribution in [-0.2, 0) is 15.6 Å². The smallest absolute Gasteiger partial charge is 0.232 e. The number of hydrogen-bond acceptors (Lipinski definition) is 3. The molecular weight excluding hydrogens is 274 g/mol. The molecule has 22 heavy (non-hydrogen) atoms. The molecule has 4 heteroatoms. The number of likely N-dealkylation sites (N-methyl/N-ethyl adjacent to an activating group) is 1. The fraction of sp³-hybridized carbons (Fsp3) is 0.500. The molecule has 0 unspecified atom stereocenters. The van der Waals surface area contributed by atoms with Gasteiger partial charge in [-0.15, -0.1) is 0 Å². The van der Waals surface area contributed by atoms with E-state index >= 15 is 0 Å². The lowest BCUT2D eigenvalue weighted by molar-refractivity contribution is -0.129.